The molecule has 0 aliphatic carbocycles. The number of hydrogen-bond acceptors (Lipinski definition) is 5. The second-order valence-corrected chi connectivity index (χ2v) is 8.84. The van der Waals surface area contributed by atoms with E-state index in [1.807, 2.05) is 43.3 Å². The molecule has 3 aliphatic rings. The number of nitrogens with zero attached hydrogens (tertiary/aromatic N) is 2. The van der Waals surface area contributed by atoms with E-state index in [1.54, 1.807) is 26.2 Å². The maximum Gasteiger partial charge on any atom is 0.314 e. The van der Waals surface area contributed by atoms with E-state index in [1.165, 1.54) is 9.80 Å². The first-order valence-corrected chi connectivity index (χ1v) is 11.0. The fourth-order valence-electron chi connectivity index (χ4n) is 5.52. The average molecular weight is 450 g/mol. The Morgan fingerprint density at radius 3 is 2.22 bits per heavy atom. The SMILES string of the molecule is CCCOC(=O)[C@H]1[C@]2(C(=O)N(C)c3ccccc32)C(=S)N[C@]12C(=O)N(C)c1ccccc12. The van der Waals surface area contributed by atoms with Crippen molar-refractivity contribution < 1.29 is 19.1 Å². The fourth-order valence-corrected chi connectivity index (χ4v) is 6.00. The van der Waals surface area contributed by atoms with Gasteiger partial charge in [-0.05, 0) is 24.1 Å². The zero-order valence-corrected chi connectivity index (χ0v) is 18.9. The Hall–Kier alpha value is -3.26. The predicted molar refractivity (Wildman–Crippen MR) is 124 cm³/mol. The van der Waals surface area contributed by atoms with Crippen LogP contribution in [-0.2, 0) is 30.1 Å². The van der Waals surface area contributed by atoms with Crippen LogP contribution in [0.25, 0.3) is 0 Å². The summed E-state index contributed by atoms with van der Waals surface area (Å²) >= 11 is 5.80. The van der Waals surface area contributed by atoms with Gasteiger partial charge in [0.2, 0.25) is 5.91 Å². The third-order valence-corrected chi connectivity index (χ3v) is 7.31. The third-order valence-electron chi connectivity index (χ3n) is 6.88. The maximum atomic E-state index is 13.9. The van der Waals surface area contributed by atoms with Gasteiger partial charge in [-0.1, -0.05) is 55.5 Å². The van der Waals surface area contributed by atoms with E-state index in [2.05, 4.69) is 5.32 Å². The molecule has 1 N–H and O–H groups in total. The monoisotopic (exact) mass is 449 g/mol. The summed E-state index contributed by atoms with van der Waals surface area (Å²) < 4.78 is 5.61. The van der Waals surface area contributed by atoms with E-state index in [0.717, 1.165) is 0 Å². The van der Waals surface area contributed by atoms with Gasteiger partial charge >= 0.3 is 5.97 Å². The molecule has 7 nitrogen and oxygen atoms in total. The van der Waals surface area contributed by atoms with Crippen molar-refractivity contribution in [1.29, 1.82) is 0 Å². The first-order valence-electron chi connectivity index (χ1n) is 10.6. The topological polar surface area (TPSA) is 79.0 Å². The van der Waals surface area contributed by atoms with E-state index in [-0.39, 0.29) is 23.4 Å². The van der Waals surface area contributed by atoms with E-state index in [0.29, 0.717) is 28.9 Å². The van der Waals surface area contributed by atoms with Gasteiger partial charge in [0.25, 0.3) is 5.91 Å². The Labute approximate surface area is 191 Å². The Kier molecular flexibility index (Phi) is 4.43. The molecule has 2 spiro atoms. The lowest BCUT2D eigenvalue weighted by Crippen LogP contribution is -2.56. The Morgan fingerprint density at radius 2 is 1.56 bits per heavy atom. The zero-order chi connectivity index (χ0) is 22.8. The molecule has 3 atom stereocenters. The number of likely N-dealkylation sites (N-methyl/N-ethyl adjacent to an activating group) is 2. The smallest absolute Gasteiger partial charge is 0.314 e. The van der Waals surface area contributed by atoms with Crippen LogP contribution in [-0.4, -0.2) is 43.5 Å². The van der Waals surface area contributed by atoms with Crippen LogP contribution in [0.2, 0.25) is 0 Å². The molecule has 0 radical (unpaired) electrons. The number of nitrogens with one attached hydrogen (secondary N) is 1. The summed E-state index contributed by atoms with van der Waals surface area (Å²) in [4.78, 5) is 44.6. The molecule has 164 valence electrons. The molecule has 32 heavy (non-hydrogen) atoms. The maximum absolute atomic E-state index is 13.9. The summed E-state index contributed by atoms with van der Waals surface area (Å²) in [5, 5.41) is 3.19. The van der Waals surface area contributed by atoms with Crippen molar-refractivity contribution >= 4 is 46.4 Å². The number of benzene rings is 2. The minimum atomic E-state index is -1.53. The predicted octanol–water partition coefficient (Wildman–Crippen LogP) is 2.27. The third kappa shape index (κ3) is 2.20. The number of hydrogen-bond donors (Lipinski definition) is 1. The molecule has 0 unspecified atom stereocenters. The van der Waals surface area contributed by atoms with Crippen molar-refractivity contribution in [3.05, 3.63) is 59.7 Å². The number of esters is 1. The minimum absolute atomic E-state index is 0.163. The van der Waals surface area contributed by atoms with Gasteiger partial charge in [-0.15, -0.1) is 0 Å². The van der Waals surface area contributed by atoms with Gasteiger partial charge in [0.05, 0.1) is 11.6 Å². The number of thiocarbonyl (C=S) groups is 1. The Bertz CT molecular complexity index is 1200. The Morgan fingerprint density at radius 1 is 1.00 bits per heavy atom. The van der Waals surface area contributed by atoms with Crippen LogP contribution < -0.4 is 15.1 Å². The van der Waals surface area contributed by atoms with Gasteiger partial charge in [0, 0.05) is 31.0 Å². The first kappa shape index (κ1) is 20.6. The lowest BCUT2D eigenvalue weighted by Gasteiger charge is -2.34. The quantitative estimate of drug-likeness (QED) is 0.572. The van der Waals surface area contributed by atoms with Gasteiger partial charge in [-0.25, -0.2) is 0 Å². The van der Waals surface area contributed by atoms with Crippen LogP contribution in [0, 0.1) is 5.92 Å². The normalized spacial score (nSPS) is 27.8. The molecule has 5 rings (SSSR count). The molecule has 8 heteroatoms. The van der Waals surface area contributed by atoms with Gasteiger partial charge in [-0.3, -0.25) is 14.4 Å². The highest BCUT2D eigenvalue weighted by Gasteiger charge is 2.76. The number of ether oxygens (including phenoxy) is 1. The molecule has 1 saturated heterocycles. The van der Waals surface area contributed by atoms with Crippen molar-refractivity contribution in [3.63, 3.8) is 0 Å². The van der Waals surface area contributed by atoms with Crippen molar-refractivity contribution in [2.45, 2.75) is 24.3 Å². The summed E-state index contributed by atoms with van der Waals surface area (Å²) in [6.45, 7) is 2.08. The summed E-state index contributed by atoms with van der Waals surface area (Å²) in [5.74, 6) is -2.48. The number of para-hydroxylation sites is 2. The molecule has 3 heterocycles. The number of fused-ring (bicyclic) bond motifs is 4. The summed E-state index contributed by atoms with van der Waals surface area (Å²) in [5.41, 5.74) is -0.491. The highest BCUT2D eigenvalue weighted by atomic mass is 32.1. The van der Waals surface area contributed by atoms with Gasteiger partial charge in [0.15, 0.2) is 5.54 Å². The van der Waals surface area contributed by atoms with Crippen LogP contribution in [0.5, 0.6) is 0 Å². The van der Waals surface area contributed by atoms with Gasteiger partial charge in [-0.2, -0.15) is 0 Å². The van der Waals surface area contributed by atoms with Crippen LogP contribution >= 0.6 is 12.2 Å². The lowest BCUT2D eigenvalue weighted by atomic mass is 9.65. The number of carbonyl (C=O) groups is 3. The molecule has 2 aromatic rings. The van der Waals surface area contributed by atoms with Gasteiger partial charge < -0.3 is 19.9 Å². The second-order valence-electron chi connectivity index (χ2n) is 8.43. The van der Waals surface area contributed by atoms with Crippen LogP contribution in [0.15, 0.2) is 48.5 Å². The van der Waals surface area contributed by atoms with E-state index in [4.69, 9.17) is 17.0 Å². The number of rotatable bonds is 3. The molecule has 1 fully saturated rings. The number of carbonyl (C=O) groups excluding carboxylic acids is 3. The average Bonchev–Trinajstić information content (AvgIpc) is 3.30. The number of anilines is 2. The van der Waals surface area contributed by atoms with Crippen LogP contribution in [0.3, 0.4) is 0 Å². The summed E-state index contributed by atoms with van der Waals surface area (Å²) in [6.07, 6.45) is 0.616. The van der Waals surface area contributed by atoms with E-state index < -0.39 is 22.8 Å². The molecule has 0 aromatic heterocycles. The molecule has 0 saturated carbocycles. The summed E-state index contributed by atoms with van der Waals surface area (Å²) in [7, 11) is 3.32. The molecule has 3 aliphatic heterocycles. The van der Waals surface area contributed by atoms with Crippen molar-refractivity contribution in [3.8, 4) is 0 Å². The first-order chi connectivity index (χ1) is 15.3. The molecular formula is C24H23N3O4S. The van der Waals surface area contributed by atoms with Crippen LogP contribution in [0.1, 0.15) is 24.5 Å². The molecule has 0 bridgehead atoms. The standard InChI is InChI=1S/C24H23N3O4S/c1-4-13-31-19(28)18-23(14-9-5-7-11-16(14)26(2)21(23)29)20(32)25-24(18)15-10-6-8-12-17(15)27(3)22(24)30/h5-12,18H,4,13H2,1-3H3,(H,25,32)/t18-,23-,24-/m0/s1. The highest BCUT2D eigenvalue weighted by molar-refractivity contribution is 7.80. The van der Waals surface area contributed by atoms with Crippen LogP contribution in [0.4, 0.5) is 11.4 Å². The zero-order valence-electron chi connectivity index (χ0n) is 18.0. The Balaban J connectivity index is 1.83. The second kappa shape index (κ2) is 6.87. The fraction of sp³-hybridized carbons (Fsp3) is 0.333. The lowest BCUT2D eigenvalue weighted by molar-refractivity contribution is -0.156. The highest BCUT2D eigenvalue weighted by Crippen LogP contribution is 2.59. The van der Waals surface area contributed by atoms with Crippen molar-refractivity contribution in [2.75, 3.05) is 30.5 Å². The summed E-state index contributed by atoms with van der Waals surface area (Å²) in [6, 6.07) is 14.5. The van der Waals surface area contributed by atoms with Crippen molar-refractivity contribution in [1.82, 2.24) is 5.32 Å². The van der Waals surface area contributed by atoms with Crippen molar-refractivity contribution in [2.24, 2.45) is 5.92 Å². The largest absolute Gasteiger partial charge is 0.465 e. The van der Waals surface area contributed by atoms with E-state index >= 15 is 0 Å². The molecule has 2 aromatic carbocycles. The van der Waals surface area contributed by atoms with E-state index in [9.17, 15) is 14.4 Å². The molecular weight excluding hydrogens is 426 g/mol. The number of amides is 2. The minimum Gasteiger partial charge on any atom is -0.465 e. The molecule has 2 amide bonds. The van der Waals surface area contributed by atoms with Gasteiger partial charge in [0.1, 0.15) is 11.3 Å².